The zero-order valence-corrected chi connectivity index (χ0v) is 7.79. The average molecular weight is 200 g/mol. The number of hydrogen-bond acceptors (Lipinski definition) is 4. The first-order valence-electron chi connectivity index (χ1n) is 4.21. The van der Waals surface area contributed by atoms with E-state index in [-0.39, 0.29) is 6.10 Å². The molecule has 0 aromatic carbocycles. The first-order valence-corrected chi connectivity index (χ1v) is 4.59. The number of halogens is 1. The second-order valence-corrected chi connectivity index (χ2v) is 3.31. The zero-order chi connectivity index (χ0) is 9.10. The molecule has 1 fully saturated rings. The topological polar surface area (TPSA) is 47.0 Å². The second-order valence-electron chi connectivity index (χ2n) is 2.93. The van der Waals surface area contributed by atoms with Gasteiger partial charge in [0.25, 0.3) is 0 Å². The van der Waals surface area contributed by atoms with Crippen molar-refractivity contribution in [2.45, 2.75) is 12.5 Å². The minimum absolute atomic E-state index is 0.218. The van der Waals surface area contributed by atoms with Crippen molar-refractivity contribution >= 4 is 11.6 Å². The van der Waals surface area contributed by atoms with E-state index in [1.165, 1.54) is 0 Å². The van der Waals surface area contributed by atoms with E-state index in [0.29, 0.717) is 11.0 Å². The highest BCUT2D eigenvalue weighted by Crippen LogP contribution is 2.12. The molecule has 2 rings (SSSR count). The predicted octanol–water partition coefficient (Wildman–Crippen LogP) is 0.871. The Hall–Kier alpha value is -0.870. The van der Waals surface area contributed by atoms with Crippen LogP contribution >= 0.6 is 11.6 Å². The molecule has 1 aromatic rings. The van der Waals surface area contributed by atoms with Crippen molar-refractivity contribution in [1.29, 1.82) is 0 Å². The highest BCUT2D eigenvalue weighted by atomic mass is 35.5. The van der Waals surface area contributed by atoms with Gasteiger partial charge in [-0.2, -0.15) is 0 Å². The summed E-state index contributed by atoms with van der Waals surface area (Å²) in [6, 6.07) is 3.40. The maximum atomic E-state index is 5.59. The molecule has 1 N–H and O–H groups in total. The third-order valence-electron chi connectivity index (χ3n) is 1.91. The van der Waals surface area contributed by atoms with Gasteiger partial charge in [-0.25, -0.2) is 0 Å². The number of aromatic nitrogens is 2. The van der Waals surface area contributed by atoms with E-state index in [4.69, 9.17) is 16.3 Å². The minimum Gasteiger partial charge on any atom is -0.472 e. The van der Waals surface area contributed by atoms with Gasteiger partial charge >= 0.3 is 0 Å². The van der Waals surface area contributed by atoms with Crippen molar-refractivity contribution in [3.8, 4) is 5.88 Å². The number of rotatable bonds is 2. The first-order chi connectivity index (χ1) is 6.34. The molecular formula is C8H10ClN3O. The molecule has 0 spiro atoms. The minimum atomic E-state index is 0.218. The van der Waals surface area contributed by atoms with Crippen molar-refractivity contribution in [3.05, 3.63) is 17.3 Å². The maximum absolute atomic E-state index is 5.59. The number of nitrogens with zero attached hydrogens (tertiary/aromatic N) is 2. The van der Waals surface area contributed by atoms with Crippen LogP contribution in [0.5, 0.6) is 5.88 Å². The Bertz CT molecular complexity index is 271. The maximum Gasteiger partial charge on any atom is 0.233 e. The molecule has 13 heavy (non-hydrogen) atoms. The Balaban J connectivity index is 1.97. The van der Waals surface area contributed by atoms with Crippen LogP contribution in [0.4, 0.5) is 0 Å². The van der Waals surface area contributed by atoms with Crippen LogP contribution in [0.15, 0.2) is 12.1 Å². The van der Waals surface area contributed by atoms with Gasteiger partial charge in [0, 0.05) is 12.6 Å². The summed E-state index contributed by atoms with van der Waals surface area (Å²) in [6.45, 7) is 1.88. The average Bonchev–Trinajstić information content (AvgIpc) is 2.62. The van der Waals surface area contributed by atoms with Crippen LogP contribution < -0.4 is 10.1 Å². The third kappa shape index (κ3) is 2.29. The van der Waals surface area contributed by atoms with E-state index < -0.39 is 0 Å². The van der Waals surface area contributed by atoms with Crippen molar-refractivity contribution in [2.75, 3.05) is 13.1 Å². The number of nitrogens with one attached hydrogen (secondary N) is 1. The van der Waals surface area contributed by atoms with Crippen LogP contribution in [0.1, 0.15) is 6.42 Å². The highest BCUT2D eigenvalue weighted by Gasteiger charge is 2.16. The summed E-state index contributed by atoms with van der Waals surface area (Å²) in [6.07, 6.45) is 1.24. The summed E-state index contributed by atoms with van der Waals surface area (Å²) in [7, 11) is 0. The van der Waals surface area contributed by atoms with E-state index in [2.05, 4.69) is 15.5 Å². The molecule has 1 atom stereocenters. The molecule has 1 aliphatic rings. The van der Waals surface area contributed by atoms with Crippen LogP contribution in [-0.4, -0.2) is 29.4 Å². The number of ether oxygens (including phenoxy) is 1. The molecule has 0 radical (unpaired) electrons. The van der Waals surface area contributed by atoms with E-state index in [0.717, 1.165) is 19.5 Å². The van der Waals surface area contributed by atoms with Crippen LogP contribution in [0, 0.1) is 0 Å². The lowest BCUT2D eigenvalue weighted by Crippen LogP contribution is -2.20. The lowest BCUT2D eigenvalue weighted by Gasteiger charge is -2.09. The van der Waals surface area contributed by atoms with Gasteiger partial charge in [0.15, 0.2) is 5.15 Å². The summed E-state index contributed by atoms with van der Waals surface area (Å²) in [5.41, 5.74) is 0. The molecule has 5 heteroatoms. The van der Waals surface area contributed by atoms with E-state index in [1.807, 2.05) is 0 Å². The molecule has 1 aliphatic heterocycles. The summed E-state index contributed by atoms with van der Waals surface area (Å²) >= 11 is 5.59. The Morgan fingerprint density at radius 3 is 3.00 bits per heavy atom. The molecule has 0 unspecified atom stereocenters. The normalized spacial score (nSPS) is 21.8. The quantitative estimate of drug-likeness (QED) is 0.768. The summed E-state index contributed by atoms with van der Waals surface area (Å²) in [5.74, 6) is 0.540. The lowest BCUT2D eigenvalue weighted by molar-refractivity contribution is 0.211. The Kier molecular flexibility index (Phi) is 2.61. The Morgan fingerprint density at radius 2 is 2.38 bits per heavy atom. The van der Waals surface area contributed by atoms with Gasteiger partial charge in [-0.3, -0.25) is 0 Å². The van der Waals surface area contributed by atoms with Crippen LogP contribution in [0.2, 0.25) is 5.15 Å². The lowest BCUT2D eigenvalue weighted by atomic mass is 10.3. The fourth-order valence-corrected chi connectivity index (χ4v) is 1.37. The zero-order valence-electron chi connectivity index (χ0n) is 7.03. The third-order valence-corrected chi connectivity index (χ3v) is 2.11. The smallest absolute Gasteiger partial charge is 0.233 e. The molecule has 1 aromatic heterocycles. The summed E-state index contributed by atoms with van der Waals surface area (Å²) < 4.78 is 5.54. The fourth-order valence-electron chi connectivity index (χ4n) is 1.27. The van der Waals surface area contributed by atoms with E-state index >= 15 is 0 Å². The first kappa shape index (κ1) is 8.72. The molecular weight excluding hydrogens is 190 g/mol. The van der Waals surface area contributed by atoms with Gasteiger partial charge < -0.3 is 10.1 Å². The van der Waals surface area contributed by atoms with Crippen LogP contribution in [0.3, 0.4) is 0 Å². The van der Waals surface area contributed by atoms with E-state index in [9.17, 15) is 0 Å². The van der Waals surface area contributed by atoms with Crippen LogP contribution in [0.25, 0.3) is 0 Å². The highest BCUT2D eigenvalue weighted by molar-refractivity contribution is 6.29. The fraction of sp³-hybridized carbons (Fsp3) is 0.500. The Labute approximate surface area is 81.3 Å². The molecule has 0 amide bonds. The molecule has 0 bridgehead atoms. The van der Waals surface area contributed by atoms with E-state index in [1.54, 1.807) is 12.1 Å². The van der Waals surface area contributed by atoms with Crippen molar-refractivity contribution < 1.29 is 4.74 Å². The molecule has 1 saturated heterocycles. The van der Waals surface area contributed by atoms with Crippen molar-refractivity contribution in [2.24, 2.45) is 0 Å². The second kappa shape index (κ2) is 3.89. The monoisotopic (exact) mass is 199 g/mol. The standard InChI is InChI=1S/C8H10ClN3O/c9-7-1-2-8(12-11-7)13-6-3-4-10-5-6/h1-2,6,10H,3-5H2/t6-/m0/s1. The SMILES string of the molecule is Clc1ccc(O[C@H]2CCNC2)nn1. The van der Waals surface area contributed by atoms with Gasteiger partial charge in [0.05, 0.1) is 0 Å². The predicted molar refractivity (Wildman–Crippen MR) is 48.9 cm³/mol. The van der Waals surface area contributed by atoms with Crippen LogP contribution in [-0.2, 0) is 0 Å². The van der Waals surface area contributed by atoms with Gasteiger partial charge in [-0.05, 0) is 19.0 Å². The summed E-state index contributed by atoms with van der Waals surface area (Å²) in [4.78, 5) is 0. The molecule has 4 nitrogen and oxygen atoms in total. The molecule has 2 heterocycles. The van der Waals surface area contributed by atoms with Crippen molar-refractivity contribution in [1.82, 2.24) is 15.5 Å². The molecule has 0 aliphatic carbocycles. The molecule has 0 saturated carbocycles. The number of hydrogen-bond donors (Lipinski definition) is 1. The van der Waals surface area contributed by atoms with Gasteiger partial charge in [0.2, 0.25) is 5.88 Å². The van der Waals surface area contributed by atoms with Gasteiger partial charge in [0.1, 0.15) is 6.10 Å². The summed E-state index contributed by atoms with van der Waals surface area (Å²) in [5, 5.41) is 11.1. The largest absolute Gasteiger partial charge is 0.472 e. The van der Waals surface area contributed by atoms with Gasteiger partial charge in [-0.15, -0.1) is 10.2 Å². The van der Waals surface area contributed by atoms with Crippen molar-refractivity contribution in [3.63, 3.8) is 0 Å². The Morgan fingerprint density at radius 1 is 1.46 bits per heavy atom. The molecule has 70 valence electrons. The van der Waals surface area contributed by atoms with Gasteiger partial charge in [-0.1, -0.05) is 11.6 Å².